The molecular weight excluding hydrogens is 230 g/mol. The number of ether oxygens (including phenoxy) is 2. The summed E-state index contributed by atoms with van der Waals surface area (Å²) in [5.41, 5.74) is 2.26. The van der Waals surface area contributed by atoms with Crippen LogP contribution in [-0.4, -0.2) is 25.7 Å². The Kier molecular flexibility index (Phi) is 6.39. The van der Waals surface area contributed by atoms with E-state index in [2.05, 4.69) is 5.32 Å². The molecule has 0 saturated heterocycles. The molecule has 0 bridgehead atoms. The molecule has 1 aromatic rings. The Morgan fingerprint density at radius 2 is 2.00 bits per heavy atom. The normalized spacial score (nSPS) is 12.2. The van der Waals surface area contributed by atoms with E-state index in [1.807, 2.05) is 24.3 Å². The summed E-state index contributed by atoms with van der Waals surface area (Å²) < 4.78 is 10.1. The van der Waals surface area contributed by atoms with Crippen LogP contribution in [0.15, 0.2) is 24.3 Å². The van der Waals surface area contributed by atoms with Crippen molar-refractivity contribution in [1.82, 2.24) is 5.32 Å². The lowest BCUT2D eigenvalue weighted by atomic mass is 10.1. The average Bonchev–Trinajstić information content (AvgIpc) is 2.38. The first-order chi connectivity index (χ1) is 8.69. The number of methoxy groups -OCH3 is 1. The van der Waals surface area contributed by atoms with Gasteiger partial charge >= 0.3 is 5.97 Å². The molecule has 0 heterocycles. The molecule has 0 aliphatic carbocycles. The molecule has 1 atom stereocenters. The second-order valence-corrected chi connectivity index (χ2v) is 4.06. The third-order valence-corrected chi connectivity index (χ3v) is 2.66. The van der Waals surface area contributed by atoms with Gasteiger partial charge in [0, 0.05) is 13.7 Å². The Bertz CT molecular complexity index is 379. The standard InChI is InChI=1S/C14H21NO3/c1-4-18-14(16)11(2)15-9-12-7-5-6-8-13(12)10-17-3/h5-8,11,15H,4,9-10H2,1-3H3. The molecule has 1 aromatic carbocycles. The zero-order chi connectivity index (χ0) is 13.4. The zero-order valence-corrected chi connectivity index (χ0v) is 11.2. The first-order valence-electron chi connectivity index (χ1n) is 6.14. The highest BCUT2D eigenvalue weighted by molar-refractivity contribution is 5.75. The van der Waals surface area contributed by atoms with Gasteiger partial charge in [0.25, 0.3) is 0 Å². The van der Waals surface area contributed by atoms with Gasteiger partial charge < -0.3 is 14.8 Å². The Labute approximate surface area is 108 Å². The molecule has 1 unspecified atom stereocenters. The Balaban J connectivity index is 2.54. The van der Waals surface area contributed by atoms with Gasteiger partial charge in [-0.25, -0.2) is 0 Å². The number of hydrogen-bond donors (Lipinski definition) is 1. The Morgan fingerprint density at radius 1 is 1.33 bits per heavy atom. The number of carbonyl (C=O) groups excluding carboxylic acids is 1. The molecule has 4 nitrogen and oxygen atoms in total. The number of hydrogen-bond acceptors (Lipinski definition) is 4. The lowest BCUT2D eigenvalue weighted by Gasteiger charge is -2.14. The molecule has 0 aromatic heterocycles. The minimum Gasteiger partial charge on any atom is -0.465 e. The number of carbonyl (C=O) groups is 1. The van der Waals surface area contributed by atoms with E-state index in [-0.39, 0.29) is 12.0 Å². The van der Waals surface area contributed by atoms with Crippen molar-refractivity contribution in [2.24, 2.45) is 0 Å². The monoisotopic (exact) mass is 251 g/mol. The van der Waals surface area contributed by atoms with Crippen LogP contribution in [0.3, 0.4) is 0 Å². The predicted molar refractivity (Wildman–Crippen MR) is 70.1 cm³/mol. The summed E-state index contributed by atoms with van der Waals surface area (Å²) in [6.45, 7) is 5.21. The summed E-state index contributed by atoms with van der Waals surface area (Å²) in [6, 6.07) is 7.70. The Morgan fingerprint density at radius 3 is 2.61 bits per heavy atom. The molecule has 1 N–H and O–H groups in total. The predicted octanol–water partition coefficient (Wildman–Crippen LogP) is 1.87. The molecule has 0 aliphatic rings. The fourth-order valence-corrected chi connectivity index (χ4v) is 1.64. The maximum absolute atomic E-state index is 11.5. The maximum atomic E-state index is 11.5. The summed E-state index contributed by atoms with van der Waals surface area (Å²) in [5.74, 6) is -0.221. The van der Waals surface area contributed by atoms with E-state index in [4.69, 9.17) is 9.47 Å². The van der Waals surface area contributed by atoms with Crippen molar-refractivity contribution in [2.45, 2.75) is 33.0 Å². The molecule has 0 radical (unpaired) electrons. The highest BCUT2D eigenvalue weighted by Crippen LogP contribution is 2.09. The molecule has 18 heavy (non-hydrogen) atoms. The van der Waals surface area contributed by atoms with E-state index in [1.54, 1.807) is 21.0 Å². The van der Waals surface area contributed by atoms with Crippen LogP contribution in [0.2, 0.25) is 0 Å². The van der Waals surface area contributed by atoms with E-state index in [0.29, 0.717) is 19.8 Å². The minimum absolute atomic E-state index is 0.221. The van der Waals surface area contributed by atoms with Crippen LogP contribution in [0.4, 0.5) is 0 Å². The van der Waals surface area contributed by atoms with Gasteiger partial charge in [0.1, 0.15) is 6.04 Å². The summed E-state index contributed by atoms with van der Waals surface area (Å²) in [6.07, 6.45) is 0. The van der Waals surface area contributed by atoms with Gasteiger partial charge in [0.15, 0.2) is 0 Å². The number of nitrogens with one attached hydrogen (secondary N) is 1. The van der Waals surface area contributed by atoms with Crippen molar-refractivity contribution in [3.8, 4) is 0 Å². The number of rotatable bonds is 7. The molecule has 0 saturated carbocycles. The van der Waals surface area contributed by atoms with Crippen molar-refractivity contribution in [2.75, 3.05) is 13.7 Å². The smallest absolute Gasteiger partial charge is 0.322 e. The fraction of sp³-hybridized carbons (Fsp3) is 0.500. The summed E-state index contributed by atoms with van der Waals surface area (Å²) in [4.78, 5) is 11.5. The van der Waals surface area contributed by atoms with Crippen LogP contribution in [0.25, 0.3) is 0 Å². The van der Waals surface area contributed by atoms with Crippen LogP contribution in [0, 0.1) is 0 Å². The second kappa shape index (κ2) is 7.84. The molecule has 0 fully saturated rings. The molecule has 0 spiro atoms. The lowest BCUT2D eigenvalue weighted by Crippen LogP contribution is -2.35. The highest BCUT2D eigenvalue weighted by atomic mass is 16.5. The van der Waals surface area contributed by atoms with E-state index >= 15 is 0 Å². The zero-order valence-electron chi connectivity index (χ0n) is 11.2. The van der Waals surface area contributed by atoms with E-state index < -0.39 is 0 Å². The van der Waals surface area contributed by atoms with Gasteiger partial charge in [0.05, 0.1) is 13.2 Å². The van der Waals surface area contributed by atoms with Gasteiger partial charge in [0.2, 0.25) is 0 Å². The van der Waals surface area contributed by atoms with Crippen LogP contribution >= 0.6 is 0 Å². The fourth-order valence-electron chi connectivity index (χ4n) is 1.64. The summed E-state index contributed by atoms with van der Waals surface area (Å²) >= 11 is 0. The largest absolute Gasteiger partial charge is 0.465 e. The highest BCUT2D eigenvalue weighted by Gasteiger charge is 2.13. The topological polar surface area (TPSA) is 47.6 Å². The number of benzene rings is 1. The van der Waals surface area contributed by atoms with Crippen LogP contribution in [-0.2, 0) is 27.4 Å². The third kappa shape index (κ3) is 4.47. The molecule has 0 amide bonds. The van der Waals surface area contributed by atoms with Gasteiger partial charge in [-0.05, 0) is 25.0 Å². The lowest BCUT2D eigenvalue weighted by molar-refractivity contribution is -0.145. The SMILES string of the molecule is CCOC(=O)C(C)NCc1ccccc1COC. The van der Waals surface area contributed by atoms with Gasteiger partial charge in [-0.15, -0.1) is 0 Å². The average molecular weight is 251 g/mol. The summed E-state index contributed by atoms with van der Waals surface area (Å²) in [7, 11) is 1.67. The van der Waals surface area contributed by atoms with Crippen molar-refractivity contribution < 1.29 is 14.3 Å². The molecule has 4 heteroatoms. The molecule has 1 rings (SSSR count). The molecular formula is C14H21NO3. The first-order valence-corrected chi connectivity index (χ1v) is 6.14. The van der Waals surface area contributed by atoms with Gasteiger partial charge in [-0.3, -0.25) is 4.79 Å². The van der Waals surface area contributed by atoms with Crippen molar-refractivity contribution in [3.05, 3.63) is 35.4 Å². The van der Waals surface area contributed by atoms with Gasteiger partial charge in [-0.1, -0.05) is 24.3 Å². The van der Waals surface area contributed by atoms with Crippen molar-refractivity contribution in [3.63, 3.8) is 0 Å². The number of esters is 1. The molecule has 0 aliphatic heterocycles. The van der Waals surface area contributed by atoms with Crippen molar-refractivity contribution in [1.29, 1.82) is 0 Å². The second-order valence-electron chi connectivity index (χ2n) is 4.06. The van der Waals surface area contributed by atoms with E-state index in [9.17, 15) is 4.79 Å². The van der Waals surface area contributed by atoms with Crippen LogP contribution in [0.1, 0.15) is 25.0 Å². The quantitative estimate of drug-likeness (QED) is 0.752. The Hall–Kier alpha value is -1.39. The van der Waals surface area contributed by atoms with E-state index in [1.165, 1.54) is 0 Å². The minimum atomic E-state index is -0.305. The van der Waals surface area contributed by atoms with Crippen LogP contribution < -0.4 is 5.32 Å². The maximum Gasteiger partial charge on any atom is 0.322 e. The molecule has 100 valence electrons. The first kappa shape index (κ1) is 14.7. The van der Waals surface area contributed by atoms with E-state index in [0.717, 1.165) is 11.1 Å². The summed E-state index contributed by atoms with van der Waals surface area (Å²) in [5, 5.41) is 3.15. The van der Waals surface area contributed by atoms with Crippen molar-refractivity contribution >= 4 is 5.97 Å². The third-order valence-electron chi connectivity index (χ3n) is 2.66. The van der Waals surface area contributed by atoms with Crippen LogP contribution in [0.5, 0.6) is 0 Å². The van der Waals surface area contributed by atoms with Gasteiger partial charge in [-0.2, -0.15) is 0 Å².